The number of hydrogen-bond acceptors (Lipinski definition) is 12. The molecule has 0 atom stereocenters. The van der Waals surface area contributed by atoms with E-state index in [-0.39, 0.29) is 108 Å². The molecule has 0 aromatic carbocycles. The molecule has 0 bridgehead atoms. The van der Waals surface area contributed by atoms with Gasteiger partial charge in [0.15, 0.2) is 0 Å². The van der Waals surface area contributed by atoms with Crippen molar-refractivity contribution in [2.75, 3.05) is 0 Å². The van der Waals surface area contributed by atoms with Gasteiger partial charge in [0, 0.05) is 36.7 Å². The molecular weight excluding hydrogens is 419 g/mol. The van der Waals surface area contributed by atoms with Gasteiger partial charge in [-0.2, -0.15) is 0 Å². The Morgan fingerprint density at radius 1 is 0.500 bits per heavy atom. The SMILES string of the molecule is O=[Si]([O-])[O-].O=[Si]([O-])[O-].O=[Si]([O-])[O-].O=[Si]([O-])[O-].[Al+3].[Ca+2].[Mg+2].[Na+]. The predicted octanol–water partition coefficient (Wildman–Crippen LogP) is -15.6. The Hall–Kier alpha value is 2.03. The summed E-state index contributed by atoms with van der Waals surface area (Å²) in [6.45, 7) is 0. The van der Waals surface area contributed by atoms with Gasteiger partial charge in [0.2, 0.25) is 0 Å². The van der Waals surface area contributed by atoms with Crippen molar-refractivity contribution in [3.8, 4) is 0 Å². The average molecular weight is 419 g/mol. The van der Waals surface area contributed by atoms with Gasteiger partial charge in [0.1, 0.15) is 0 Å². The average Bonchev–Trinajstić information content (AvgIpc) is 1.76. The van der Waals surface area contributed by atoms with Gasteiger partial charge in [-0.15, -0.1) is 0 Å². The maximum Gasteiger partial charge on any atom is 3.00 e. The van der Waals surface area contributed by atoms with Crippen LogP contribution >= 0.6 is 0 Å². The molecule has 20 heteroatoms. The van der Waals surface area contributed by atoms with E-state index in [9.17, 15) is 0 Å². The Morgan fingerprint density at radius 2 is 0.500 bits per heavy atom. The summed E-state index contributed by atoms with van der Waals surface area (Å²) in [5.74, 6) is 0. The molecule has 0 aliphatic carbocycles. The van der Waals surface area contributed by atoms with Crippen molar-refractivity contribution in [3.63, 3.8) is 0 Å². The quantitative estimate of drug-likeness (QED) is 0.332. The van der Waals surface area contributed by atoms with Gasteiger partial charge in [-0.3, -0.25) is 0 Å². The van der Waals surface area contributed by atoms with E-state index >= 15 is 0 Å². The molecule has 0 amide bonds. The molecule has 20 heavy (non-hydrogen) atoms. The Kier molecular flexibility index (Phi) is 106. The van der Waals surface area contributed by atoms with E-state index < -0.39 is 36.7 Å². The van der Waals surface area contributed by atoms with Crippen LogP contribution in [-0.2, 0) is 17.8 Å². The van der Waals surface area contributed by atoms with Crippen molar-refractivity contribution in [2.45, 2.75) is 0 Å². The van der Waals surface area contributed by atoms with Crippen LogP contribution in [0.25, 0.3) is 0 Å². The monoisotopic (exact) mass is 418 g/mol. The molecule has 0 spiro atoms. The zero-order chi connectivity index (χ0) is 14.3. The van der Waals surface area contributed by atoms with Crippen molar-refractivity contribution in [1.29, 1.82) is 0 Å². The van der Waals surface area contributed by atoms with Crippen molar-refractivity contribution >= 4 is 115 Å². The molecule has 0 aliphatic rings. The van der Waals surface area contributed by atoms with Crippen LogP contribution in [0.5, 0.6) is 0 Å². The van der Waals surface area contributed by atoms with Gasteiger partial charge in [0.25, 0.3) is 0 Å². The van der Waals surface area contributed by atoms with Crippen molar-refractivity contribution < 1.29 is 85.8 Å². The van der Waals surface area contributed by atoms with E-state index in [1.54, 1.807) is 0 Å². The minimum atomic E-state index is -3.63. The molecule has 0 saturated carbocycles. The number of hydrogen-bond donors (Lipinski definition) is 0. The summed E-state index contributed by atoms with van der Waals surface area (Å²) >= 11 is 0. The van der Waals surface area contributed by atoms with E-state index in [0.29, 0.717) is 0 Å². The maximum atomic E-state index is 8.52. The fraction of sp³-hybridized carbons (Fsp3) is 0. The molecule has 0 aliphatic heterocycles. The Morgan fingerprint density at radius 3 is 0.500 bits per heavy atom. The zero-order valence-electron chi connectivity index (χ0n) is 9.89. The van der Waals surface area contributed by atoms with E-state index in [0.717, 1.165) is 0 Å². The smallest absolute Gasteiger partial charge is 0.672 e. The Bertz CT molecular complexity index is 175. The first kappa shape index (κ1) is 49.5. The molecule has 0 radical (unpaired) electrons. The minimum absolute atomic E-state index is 0. The van der Waals surface area contributed by atoms with E-state index in [1.165, 1.54) is 0 Å². The molecular formula is AlCaMgNaO12Si4. The van der Waals surface area contributed by atoms with Crippen LogP contribution in [0, 0.1) is 0 Å². The van der Waals surface area contributed by atoms with Crippen LogP contribution in [0.15, 0.2) is 0 Å². The van der Waals surface area contributed by atoms with E-state index in [2.05, 4.69) is 0 Å². The third-order valence-electron chi connectivity index (χ3n) is 0. The normalized spacial score (nSPS) is 4.80. The first-order valence-electron chi connectivity index (χ1n) is 2.45. The zero-order valence-corrected chi connectivity index (χ0v) is 20.7. The number of rotatable bonds is 0. The van der Waals surface area contributed by atoms with Crippen LogP contribution in [0.2, 0.25) is 0 Å². The minimum Gasteiger partial charge on any atom is -0.672 e. The fourth-order valence-electron chi connectivity index (χ4n) is 0. The summed E-state index contributed by atoms with van der Waals surface area (Å²) in [4.78, 5) is 68.1. The van der Waals surface area contributed by atoms with Gasteiger partial charge in [-0.1, -0.05) is 0 Å². The third kappa shape index (κ3) is 1770. The summed E-state index contributed by atoms with van der Waals surface area (Å²) in [7, 11) is -14.5. The van der Waals surface area contributed by atoms with Crippen LogP contribution in [0.1, 0.15) is 0 Å². The predicted molar refractivity (Wildman–Crippen MR) is 43.0 cm³/mol. The van der Waals surface area contributed by atoms with Gasteiger partial charge >= 0.3 is 108 Å². The van der Waals surface area contributed by atoms with Gasteiger partial charge < -0.3 is 56.2 Å². The first-order chi connectivity index (χ1) is 6.93. The van der Waals surface area contributed by atoms with Crippen molar-refractivity contribution in [2.24, 2.45) is 0 Å². The van der Waals surface area contributed by atoms with Gasteiger partial charge in [-0.05, 0) is 0 Å². The summed E-state index contributed by atoms with van der Waals surface area (Å²) in [6.07, 6.45) is 0. The van der Waals surface area contributed by atoms with Crippen LogP contribution in [-0.4, -0.2) is 115 Å². The largest absolute Gasteiger partial charge is 3.00 e. The Balaban J connectivity index is -0.0000000150. The van der Waals surface area contributed by atoms with Crippen LogP contribution in [0.4, 0.5) is 0 Å². The second kappa shape index (κ2) is 42.9. The van der Waals surface area contributed by atoms with Gasteiger partial charge in [0.05, 0.1) is 0 Å². The van der Waals surface area contributed by atoms with Crippen LogP contribution < -0.4 is 67.9 Å². The molecule has 0 unspecified atom stereocenters. The second-order valence-electron chi connectivity index (χ2n) is 1.00. The summed E-state index contributed by atoms with van der Waals surface area (Å²) in [6, 6.07) is 0. The summed E-state index contributed by atoms with van der Waals surface area (Å²) in [5.41, 5.74) is 0. The van der Waals surface area contributed by atoms with Crippen molar-refractivity contribution in [1.82, 2.24) is 0 Å². The molecule has 0 aromatic heterocycles. The molecule has 0 aromatic rings. The molecule has 0 rings (SSSR count). The Labute approximate surface area is 197 Å². The van der Waals surface area contributed by atoms with E-state index in [1.807, 2.05) is 0 Å². The standard InChI is InChI=1S/Al.Ca.Mg.Na.4O3Si/c;;;;4*1-4(2)3/q+3;2*+2;+1;4*-2. The second-order valence-corrected chi connectivity index (χ2v) is 3.00. The van der Waals surface area contributed by atoms with E-state index in [4.69, 9.17) is 56.2 Å². The van der Waals surface area contributed by atoms with Crippen molar-refractivity contribution in [3.05, 3.63) is 0 Å². The maximum absolute atomic E-state index is 8.52. The summed E-state index contributed by atoms with van der Waals surface area (Å²) < 4.78 is 34.1. The fourth-order valence-corrected chi connectivity index (χ4v) is 0. The molecule has 96 valence electrons. The molecule has 0 heterocycles. The first-order valence-corrected chi connectivity index (χ1v) is 7.35. The molecule has 0 saturated heterocycles. The van der Waals surface area contributed by atoms with Gasteiger partial charge in [-0.25, -0.2) is 0 Å². The summed E-state index contributed by atoms with van der Waals surface area (Å²) in [5, 5.41) is 0. The topological polar surface area (TPSA) is 253 Å². The molecule has 0 N–H and O–H groups in total. The molecule has 12 nitrogen and oxygen atoms in total. The molecule has 0 fully saturated rings. The third-order valence-corrected chi connectivity index (χ3v) is 0. The van der Waals surface area contributed by atoms with Crippen LogP contribution in [0.3, 0.4) is 0 Å².